The van der Waals surface area contributed by atoms with Gasteiger partial charge in [0.15, 0.2) is 0 Å². The summed E-state index contributed by atoms with van der Waals surface area (Å²) in [6, 6.07) is 11.3. The predicted octanol–water partition coefficient (Wildman–Crippen LogP) is 7.82. The van der Waals surface area contributed by atoms with Gasteiger partial charge in [0.05, 0.1) is 12.0 Å². The molecule has 1 aromatic carbocycles. The molecule has 0 aromatic heterocycles. The van der Waals surface area contributed by atoms with Crippen LogP contribution < -0.4 is 0 Å². The Balaban J connectivity index is 1.35. The molecule has 2 aliphatic carbocycles. The van der Waals surface area contributed by atoms with E-state index in [4.69, 9.17) is 10.00 Å². The summed E-state index contributed by atoms with van der Waals surface area (Å²) in [6.07, 6.45) is 22.0. The Bertz CT molecular complexity index is 801. The average Bonchev–Trinajstić information content (AvgIpc) is 2.86. The minimum absolute atomic E-state index is 0.0256. The summed E-state index contributed by atoms with van der Waals surface area (Å²) in [6.45, 7) is 2.26. The maximum Gasteiger partial charge on any atom is 0.309 e. The summed E-state index contributed by atoms with van der Waals surface area (Å²) >= 11 is 0. The van der Waals surface area contributed by atoms with Crippen molar-refractivity contribution in [3.8, 4) is 6.07 Å². The molecule has 0 heterocycles. The van der Waals surface area contributed by atoms with Crippen LogP contribution in [0, 0.1) is 23.2 Å². The van der Waals surface area contributed by atoms with Crippen LogP contribution in [0.2, 0.25) is 0 Å². The fourth-order valence-electron chi connectivity index (χ4n) is 5.35. The second kappa shape index (κ2) is 14.0. The summed E-state index contributed by atoms with van der Waals surface area (Å²) in [4.78, 5) is 12.7. The number of carbonyl (C=O) groups is 1. The van der Waals surface area contributed by atoms with Gasteiger partial charge in [0.2, 0.25) is 0 Å². The van der Waals surface area contributed by atoms with Crippen molar-refractivity contribution in [3.05, 3.63) is 59.7 Å². The van der Waals surface area contributed by atoms with Gasteiger partial charge in [-0.3, -0.25) is 4.79 Å². The van der Waals surface area contributed by atoms with Gasteiger partial charge in [0, 0.05) is 6.08 Å². The normalized spacial score (nSPS) is 25.8. The Hall–Kier alpha value is -2.34. The highest BCUT2D eigenvalue weighted by Crippen LogP contribution is 2.36. The van der Waals surface area contributed by atoms with Crippen LogP contribution in [0.3, 0.4) is 0 Å². The van der Waals surface area contributed by atoms with E-state index in [9.17, 15) is 4.79 Å². The summed E-state index contributed by atoms with van der Waals surface area (Å²) in [5, 5.41) is 8.53. The van der Waals surface area contributed by atoms with Crippen molar-refractivity contribution in [3.63, 3.8) is 0 Å². The number of hydrogen-bond acceptors (Lipinski definition) is 3. The number of benzene rings is 1. The zero-order valence-corrected chi connectivity index (χ0v) is 20.4. The highest BCUT2D eigenvalue weighted by Gasteiger charge is 2.30. The highest BCUT2D eigenvalue weighted by atomic mass is 16.5. The molecule has 0 atom stereocenters. The van der Waals surface area contributed by atoms with E-state index in [1.807, 2.05) is 12.1 Å². The van der Waals surface area contributed by atoms with E-state index in [1.54, 1.807) is 6.08 Å². The van der Waals surface area contributed by atoms with E-state index in [0.29, 0.717) is 11.8 Å². The monoisotopic (exact) mass is 447 g/mol. The molecule has 0 bridgehead atoms. The van der Waals surface area contributed by atoms with Gasteiger partial charge in [-0.25, -0.2) is 0 Å². The van der Waals surface area contributed by atoms with Crippen molar-refractivity contribution in [2.75, 3.05) is 0 Å². The lowest BCUT2D eigenvalue weighted by Crippen LogP contribution is -2.29. The zero-order valence-electron chi connectivity index (χ0n) is 20.4. The molecule has 178 valence electrons. The lowest BCUT2D eigenvalue weighted by molar-refractivity contribution is -0.157. The number of aryl methyl sites for hydroxylation is 1. The lowest BCUT2D eigenvalue weighted by atomic mass is 9.81. The van der Waals surface area contributed by atoms with Gasteiger partial charge >= 0.3 is 5.97 Å². The Morgan fingerprint density at radius 3 is 2.36 bits per heavy atom. The molecule has 0 unspecified atom stereocenters. The maximum absolute atomic E-state index is 12.7. The molecule has 3 nitrogen and oxygen atoms in total. The van der Waals surface area contributed by atoms with Crippen LogP contribution in [-0.4, -0.2) is 12.1 Å². The van der Waals surface area contributed by atoms with Crippen LogP contribution in [-0.2, 0) is 16.0 Å². The number of carbonyl (C=O) groups excluding carboxylic acids is 1. The van der Waals surface area contributed by atoms with E-state index in [1.165, 1.54) is 49.3 Å². The van der Waals surface area contributed by atoms with Gasteiger partial charge in [0.1, 0.15) is 6.10 Å². The standard InChI is InChI=1S/C30H41NO2/c1-2-3-4-6-9-24-11-15-26(16-12-24)27-19-21-29(22-20-27)33-30(32)28-17-13-25(14-18-28)10-7-5-8-23-31/h5,7-8,10-12,15-16,25,27-29H,2-4,6,9,13-14,17-22H2,1H3/t25-,27-,28-,29-. The maximum atomic E-state index is 12.7. The Morgan fingerprint density at radius 1 is 0.970 bits per heavy atom. The third kappa shape index (κ3) is 8.50. The van der Waals surface area contributed by atoms with Gasteiger partial charge in [0.25, 0.3) is 0 Å². The van der Waals surface area contributed by atoms with Crippen molar-refractivity contribution < 1.29 is 9.53 Å². The fourth-order valence-corrected chi connectivity index (χ4v) is 5.35. The van der Waals surface area contributed by atoms with Gasteiger partial charge in [-0.1, -0.05) is 68.7 Å². The smallest absolute Gasteiger partial charge is 0.309 e. The molecule has 0 N–H and O–H groups in total. The Morgan fingerprint density at radius 2 is 1.70 bits per heavy atom. The number of nitriles is 1. The summed E-state index contributed by atoms with van der Waals surface area (Å²) < 4.78 is 5.94. The van der Waals surface area contributed by atoms with E-state index in [2.05, 4.69) is 37.3 Å². The summed E-state index contributed by atoms with van der Waals surface area (Å²) in [7, 11) is 0. The first-order valence-corrected chi connectivity index (χ1v) is 13.2. The van der Waals surface area contributed by atoms with Gasteiger partial charge in [-0.2, -0.15) is 5.26 Å². The zero-order chi connectivity index (χ0) is 23.3. The van der Waals surface area contributed by atoms with Crippen molar-refractivity contribution in [2.24, 2.45) is 11.8 Å². The number of nitrogens with zero attached hydrogens (tertiary/aromatic N) is 1. The van der Waals surface area contributed by atoms with Crippen molar-refractivity contribution in [1.82, 2.24) is 0 Å². The third-order valence-corrected chi connectivity index (χ3v) is 7.50. The first-order valence-electron chi connectivity index (χ1n) is 13.2. The predicted molar refractivity (Wildman–Crippen MR) is 135 cm³/mol. The second-order valence-corrected chi connectivity index (χ2v) is 9.95. The van der Waals surface area contributed by atoms with Crippen molar-refractivity contribution in [2.45, 2.75) is 102 Å². The van der Waals surface area contributed by atoms with Gasteiger partial charge < -0.3 is 4.74 Å². The van der Waals surface area contributed by atoms with Crippen LogP contribution in [0.15, 0.2) is 48.6 Å². The Kier molecular flexibility index (Phi) is 10.8. The SMILES string of the molecule is CCCCCCc1ccc([C@H]2CC[C@H](OC(=O)[C@H]3CC[C@H](C=CC=CC#N)CC3)CC2)cc1. The molecule has 0 saturated heterocycles. The summed E-state index contributed by atoms with van der Waals surface area (Å²) in [5.41, 5.74) is 2.91. The summed E-state index contributed by atoms with van der Waals surface area (Å²) in [5.74, 6) is 1.20. The van der Waals surface area contributed by atoms with Gasteiger partial charge in [-0.05, 0) is 87.2 Å². The largest absolute Gasteiger partial charge is 0.462 e. The number of rotatable bonds is 10. The lowest BCUT2D eigenvalue weighted by Gasteiger charge is -2.31. The third-order valence-electron chi connectivity index (χ3n) is 7.50. The topological polar surface area (TPSA) is 50.1 Å². The molecular formula is C30H41NO2. The van der Waals surface area contributed by atoms with E-state index >= 15 is 0 Å². The number of allylic oxidation sites excluding steroid dienone is 4. The average molecular weight is 448 g/mol. The molecule has 2 fully saturated rings. The molecular weight excluding hydrogens is 406 g/mol. The number of hydrogen-bond donors (Lipinski definition) is 0. The first-order chi connectivity index (χ1) is 16.2. The molecule has 2 aliphatic rings. The molecule has 2 saturated carbocycles. The molecule has 0 radical (unpaired) electrons. The number of esters is 1. The Labute approximate surface area is 200 Å². The van der Waals surface area contributed by atoms with Crippen molar-refractivity contribution in [1.29, 1.82) is 5.26 Å². The molecule has 33 heavy (non-hydrogen) atoms. The van der Waals surface area contributed by atoms with Crippen LogP contribution in [0.4, 0.5) is 0 Å². The molecule has 3 rings (SSSR count). The van der Waals surface area contributed by atoms with Crippen LogP contribution in [0.5, 0.6) is 0 Å². The van der Waals surface area contributed by atoms with Crippen LogP contribution >= 0.6 is 0 Å². The van der Waals surface area contributed by atoms with Crippen molar-refractivity contribution >= 4 is 5.97 Å². The van der Waals surface area contributed by atoms with Crippen LogP contribution in [0.1, 0.15) is 101 Å². The number of ether oxygens (including phenoxy) is 1. The van der Waals surface area contributed by atoms with Crippen LogP contribution in [0.25, 0.3) is 0 Å². The minimum atomic E-state index is 0.0256. The first kappa shape index (κ1) is 25.3. The molecule has 3 heteroatoms. The van der Waals surface area contributed by atoms with E-state index < -0.39 is 0 Å². The highest BCUT2D eigenvalue weighted by molar-refractivity contribution is 5.72. The minimum Gasteiger partial charge on any atom is -0.462 e. The second-order valence-electron chi connectivity index (χ2n) is 9.95. The molecule has 0 spiro atoms. The quantitative estimate of drug-likeness (QED) is 0.159. The van der Waals surface area contributed by atoms with E-state index in [0.717, 1.165) is 51.4 Å². The van der Waals surface area contributed by atoms with E-state index in [-0.39, 0.29) is 18.0 Å². The fraction of sp³-hybridized carbons (Fsp3) is 0.600. The van der Waals surface area contributed by atoms with Gasteiger partial charge in [-0.15, -0.1) is 0 Å². The number of unbranched alkanes of at least 4 members (excludes halogenated alkanes) is 3. The molecule has 0 aliphatic heterocycles. The molecule has 1 aromatic rings. The molecule has 0 amide bonds.